The van der Waals surface area contributed by atoms with Gasteiger partial charge in [0.15, 0.2) is 17.3 Å². The number of nitrogens with zero attached hydrogens (tertiary/aromatic N) is 4. The van der Waals surface area contributed by atoms with Gasteiger partial charge >= 0.3 is 0 Å². The van der Waals surface area contributed by atoms with Gasteiger partial charge in [-0.25, -0.2) is 15.0 Å². The van der Waals surface area contributed by atoms with E-state index in [1.807, 2.05) is 0 Å². The molecule has 0 amide bonds. The van der Waals surface area contributed by atoms with Crippen LogP contribution in [0, 0.1) is 5.41 Å². The predicted molar refractivity (Wildman–Crippen MR) is 52.2 cm³/mol. The van der Waals surface area contributed by atoms with Crippen molar-refractivity contribution in [2.45, 2.75) is 0 Å². The Bertz CT molecular complexity index is 471. The molecule has 14 heavy (non-hydrogen) atoms. The highest BCUT2D eigenvalue weighted by molar-refractivity contribution is 5.93. The zero-order valence-corrected chi connectivity index (χ0v) is 7.94. The van der Waals surface area contributed by atoms with Crippen molar-refractivity contribution in [2.24, 2.45) is 0 Å². The standard InChI is InChI=1S/C8H10N6/c1-14(2)6(9)8-10-3-5-7(13-8)12-4-11-5/h3-4,9H,1-2H3,(H,10,11,12,13). The Kier molecular flexibility index (Phi) is 1.88. The maximum atomic E-state index is 7.68. The molecule has 0 bridgehead atoms. The molecule has 72 valence electrons. The summed E-state index contributed by atoms with van der Waals surface area (Å²) in [6.45, 7) is 0. The average molecular weight is 190 g/mol. The SMILES string of the molecule is CN(C)C(=N)c1ncc2[nH]cnc2n1. The van der Waals surface area contributed by atoms with Crippen LogP contribution in [0.5, 0.6) is 0 Å². The molecule has 0 aliphatic carbocycles. The highest BCUT2D eigenvalue weighted by Gasteiger charge is 2.08. The quantitative estimate of drug-likeness (QED) is 0.498. The number of H-pyrrole nitrogens is 1. The zero-order chi connectivity index (χ0) is 10.1. The minimum atomic E-state index is 0.273. The van der Waals surface area contributed by atoms with Crippen LogP contribution in [0.25, 0.3) is 11.2 Å². The fourth-order valence-corrected chi connectivity index (χ4v) is 1.05. The second-order valence-electron chi connectivity index (χ2n) is 3.08. The van der Waals surface area contributed by atoms with Gasteiger partial charge in [-0.05, 0) is 0 Å². The van der Waals surface area contributed by atoms with Gasteiger partial charge in [0.05, 0.1) is 12.5 Å². The molecule has 0 saturated heterocycles. The lowest BCUT2D eigenvalue weighted by atomic mass is 10.4. The molecule has 6 nitrogen and oxygen atoms in total. The van der Waals surface area contributed by atoms with E-state index in [2.05, 4.69) is 19.9 Å². The van der Waals surface area contributed by atoms with Crippen LogP contribution >= 0.6 is 0 Å². The number of hydrogen-bond donors (Lipinski definition) is 2. The molecule has 0 unspecified atom stereocenters. The minimum Gasteiger partial charge on any atom is -0.360 e. The lowest BCUT2D eigenvalue weighted by molar-refractivity contribution is 0.614. The van der Waals surface area contributed by atoms with Gasteiger partial charge in [-0.15, -0.1) is 0 Å². The van der Waals surface area contributed by atoms with Gasteiger partial charge in [-0.3, -0.25) is 5.41 Å². The molecular formula is C8H10N6. The number of nitrogens with one attached hydrogen (secondary N) is 2. The first kappa shape index (κ1) is 8.61. The van der Waals surface area contributed by atoms with Crippen molar-refractivity contribution in [1.29, 1.82) is 5.41 Å². The van der Waals surface area contributed by atoms with E-state index in [0.717, 1.165) is 5.52 Å². The summed E-state index contributed by atoms with van der Waals surface area (Å²) < 4.78 is 0. The molecule has 6 heteroatoms. The Morgan fingerprint density at radius 3 is 2.93 bits per heavy atom. The van der Waals surface area contributed by atoms with Crippen LogP contribution in [0.2, 0.25) is 0 Å². The Morgan fingerprint density at radius 1 is 1.43 bits per heavy atom. The number of hydrogen-bond acceptors (Lipinski definition) is 4. The first-order chi connectivity index (χ1) is 6.68. The van der Waals surface area contributed by atoms with E-state index in [4.69, 9.17) is 5.41 Å². The van der Waals surface area contributed by atoms with Crippen molar-refractivity contribution in [1.82, 2.24) is 24.8 Å². The van der Waals surface area contributed by atoms with Gasteiger partial charge in [0.25, 0.3) is 0 Å². The smallest absolute Gasteiger partial charge is 0.197 e. The maximum absolute atomic E-state index is 7.68. The van der Waals surface area contributed by atoms with Crippen LogP contribution < -0.4 is 0 Å². The Morgan fingerprint density at radius 2 is 2.21 bits per heavy atom. The van der Waals surface area contributed by atoms with Crippen molar-refractivity contribution in [3.63, 3.8) is 0 Å². The number of imidazole rings is 1. The second kappa shape index (κ2) is 3.06. The molecule has 2 aromatic rings. The third-order valence-electron chi connectivity index (χ3n) is 1.83. The van der Waals surface area contributed by atoms with E-state index in [1.54, 1.807) is 31.5 Å². The minimum absolute atomic E-state index is 0.273. The van der Waals surface area contributed by atoms with Crippen LogP contribution in [-0.2, 0) is 0 Å². The molecule has 0 aliphatic rings. The van der Waals surface area contributed by atoms with E-state index < -0.39 is 0 Å². The van der Waals surface area contributed by atoms with Crippen LogP contribution in [-0.4, -0.2) is 44.8 Å². The van der Waals surface area contributed by atoms with Gasteiger partial charge in [0.2, 0.25) is 0 Å². The molecule has 2 rings (SSSR count). The van der Waals surface area contributed by atoms with Crippen molar-refractivity contribution in [2.75, 3.05) is 14.1 Å². The fourth-order valence-electron chi connectivity index (χ4n) is 1.05. The highest BCUT2D eigenvalue weighted by atomic mass is 15.1. The molecule has 2 N–H and O–H groups in total. The summed E-state index contributed by atoms with van der Waals surface area (Å²) in [4.78, 5) is 16.7. The van der Waals surface area contributed by atoms with Crippen molar-refractivity contribution in [3.8, 4) is 0 Å². The molecule has 0 fully saturated rings. The first-order valence-electron chi connectivity index (χ1n) is 4.11. The summed E-state index contributed by atoms with van der Waals surface area (Å²) in [5, 5.41) is 7.68. The molecule has 0 aliphatic heterocycles. The van der Waals surface area contributed by atoms with Crippen molar-refractivity contribution >= 4 is 17.0 Å². The number of rotatable bonds is 1. The summed E-state index contributed by atoms with van der Waals surface area (Å²) in [5.74, 6) is 0.657. The van der Waals surface area contributed by atoms with E-state index >= 15 is 0 Å². The number of amidine groups is 1. The Labute approximate surface area is 80.5 Å². The van der Waals surface area contributed by atoms with Crippen molar-refractivity contribution < 1.29 is 0 Å². The van der Waals surface area contributed by atoms with Crippen LogP contribution in [0.15, 0.2) is 12.5 Å². The normalized spacial score (nSPS) is 10.4. The molecule has 2 aromatic heterocycles. The molecule has 0 spiro atoms. The van der Waals surface area contributed by atoms with Gasteiger partial charge in [0.1, 0.15) is 5.52 Å². The fraction of sp³-hybridized carbons (Fsp3) is 0.250. The molecular weight excluding hydrogens is 180 g/mol. The van der Waals surface area contributed by atoms with E-state index in [1.165, 1.54) is 0 Å². The summed E-state index contributed by atoms with van der Waals surface area (Å²) in [6.07, 6.45) is 3.19. The zero-order valence-electron chi connectivity index (χ0n) is 7.94. The third-order valence-corrected chi connectivity index (χ3v) is 1.83. The topological polar surface area (TPSA) is 81.5 Å². The van der Waals surface area contributed by atoms with Crippen molar-refractivity contribution in [3.05, 3.63) is 18.3 Å². The largest absolute Gasteiger partial charge is 0.360 e. The van der Waals surface area contributed by atoms with Crippen LogP contribution in [0.4, 0.5) is 0 Å². The van der Waals surface area contributed by atoms with Gasteiger partial charge in [-0.1, -0.05) is 0 Å². The molecule has 0 aromatic carbocycles. The first-order valence-corrected chi connectivity index (χ1v) is 4.11. The number of fused-ring (bicyclic) bond motifs is 1. The van der Waals surface area contributed by atoms with Crippen LogP contribution in [0.1, 0.15) is 5.82 Å². The van der Waals surface area contributed by atoms with Gasteiger partial charge in [0, 0.05) is 14.1 Å². The molecule has 2 heterocycles. The number of aromatic nitrogens is 4. The second-order valence-corrected chi connectivity index (χ2v) is 3.08. The van der Waals surface area contributed by atoms with E-state index in [9.17, 15) is 0 Å². The molecule has 0 atom stereocenters. The van der Waals surface area contributed by atoms with E-state index in [0.29, 0.717) is 11.5 Å². The lowest BCUT2D eigenvalue weighted by Gasteiger charge is -2.10. The highest BCUT2D eigenvalue weighted by Crippen LogP contribution is 2.04. The monoisotopic (exact) mass is 190 g/mol. The summed E-state index contributed by atoms with van der Waals surface area (Å²) in [5.41, 5.74) is 1.36. The Hall–Kier alpha value is -1.98. The summed E-state index contributed by atoms with van der Waals surface area (Å²) in [7, 11) is 3.56. The lowest BCUT2D eigenvalue weighted by Crippen LogP contribution is -2.23. The van der Waals surface area contributed by atoms with Gasteiger partial charge in [-0.2, -0.15) is 0 Å². The molecule has 0 radical (unpaired) electrons. The van der Waals surface area contributed by atoms with E-state index in [-0.39, 0.29) is 5.84 Å². The third kappa shape index (κ3) is 1.30. The molecule has 0 saturated carbocycles. The number of aromatic amines is 1. The summed E-state index contributed by atoms with van der Waals surface area (Å²) >= 11 is 0. The van der Waals surface area contributed by atoms with Crippen LogP contribution in [0.3, 0.4) is 0 Å². The predicted octanol–water partition coefficient (Wildman–Crippen LogP) is 0.240. The maximum Gasteiger partial charge on any atom is 0.197 e. The average Bonchev–Trinajstić information content (AvgIpc) is 2.62. The summed E-state index contributed by atoms with van der Waals surface area (Å²) in [6, 6.07) is 0. The van der Waals surface area contributed by atoms with Gasteiger partial charge < -0.3 is 9.88 Å². The Balaban J connectivity index is 2.48.